The monoisotopic (exact) mass is 376 g/mol. The van der Waals surface area contributed by atoms with Crippen molar-refractivity contribution in [2.75, 3.05) is 6.26 Å². The molecule has 0 unspecified atom stereocenters. The first-order valence-electron chi connectivity index (χ1n) is 8.24. The number of hydrogen-bond donors (Lipinski definition) is 1. The Balaban J connectivity index is 1.83. The summed E-state index contributed by atoms with van der Waals surface area (Å²) in [4.78, 5) is 13.6. The first-order chi connectivity index (χ1) is 13.2. The van der Waals surface area contributed by atoms with E-state index in [4.69, 9.17) is 0 Å². The van der Waals surface area contributed by atoms with Gasteiger partial charge in [-0.1, -0.05) is 6.07 Å². The molecule has 0 saturated heterocycles. The van der Waals surface area contributed by atoms with Gasteiger partial charge in [-0.3, -0.25) is 4.79 Å². The Bertz CT molecular complexity index is 1150. The fraction of sp³-hybridized carbons (Fsp3) is 0.0500. The third-order valence-electron chi connectivity index (χ3n) is 4.11. The molecule has 0 aliphatic heterocycles. The highest BCUT2D eigenvalue weighted by Gasteiger charge is 2.13. The van der Waals surface area contributed by atoms with Gasteiger partial charge in [-0.2, -0.15) is 10.2 Å². The van der Waals surface area contributed by atoms with Crippen LogP contribution in [0, 0.1) is 0 Å². The van der Waals surface area contributed by atoms with Crippen molar-refractivity contribution in [3.63, 3.8) is 0 Å². The molecule has 2 heterocycles. The minimum Gasteiger partial charge on any atom is -0.508 e. The zero-order valence-corrected chi connectivity index (χ0v) is 15.3. The number of aromatic nitrogens is 4. The number of phenolic OH excluding ortho intramolecular Hbond substituents is 1. The number of benzene rings is 2. The molecule has 0 aliphatic rings. The van der Waals surface area contributed by atoms with E-state index in [0.717, 1.165) is 16.3 Å². The first kappa shape index (κ1) is 17.1. The Kier molecular flexibility index (Phi) is 4.52. The molecule has 0 radical (unpaired) electrons. The van der Waals surface area contributed by atoms with Crippen molar-refractivity contribution in [2.45, 2.75) is 4.90 Å². The topological polar surface area (TPSA) is 72.9 Å². The minimum absolute atomic E-state index is 0.168. The van der Waals surface area contributed by atoms with Gasteiger partial charge in [0.15, 0.2) is 5.69 Å². The van der Waals surface area contributed by atoms with Crippen LogP contribution in [0.4, 0.5) is 0 Å². The van der Waals surface area contributed by atoms with E-state index >= 15 is 0 Å². The number of phenols is 1. The normalized spacial score (nSPS) is 10.9. The largest absolute Gasteiger partial charge is 0.508 e. The molecular formula is C20H16N4O2S. The Morgan fingerprint density at radius 3 is 2.59 bits per heavy atom. The molecule has 2 aromatic carbocycles. The summed E-state index contributed by atoms with van der Waals surface area (Å²) in [6, 6.07) is 17.8. The maximum atomic E-state index is 12.5. The number of rotatable bonds is 4. The van der Waals surface area contributed by atoms with Crippen LogP contribution >= 0.6 is 11.8 Å². The number of nitrogens with zero attached hydrogens (tertiary/aromatic N) is 4. The van der Waals surface area contributed by atoms with Crippen molar-refractivity contribution in [2.24, 2.45) is 0 Å². The van der Waals surface area contributed by atoms with E-state index in [1.165, 1.54) is 6.07 Å². The summed E-state index contributed by atoms with van der Waals surface area (Å²) in [6.07, 6.45) is 5.29. The van der Waals surface area contributed by atoms with Crippen LogP contribution in [-0.4, -0.2) is 30.9 Å². The second kappa shape index (κ2) is 7.13. The second-order valence-electron chi connectivity index (χ2n) is 5.82. The predicted octanol–water partition coefficient (Wildman–Crippen LogP) is 3.51. The highest BCUT2D eigenvalue weighted by molar-refractivity contribution is 7.98. The molecule has 0 atom stereocenters. The summed E-state index contributed by atoms with van der Waals surface area (Å²) in [5.74, 6) is 0.168. The van der Waals surface area contributed by atoms with E-state index < -0.39 is 0 Å². The van der Waals surface area contributed by atoms with Crippen molar-refractivity contribution in [3.05, 3.63) is 83.3 Å². The number of hydrogen-bond acceptors (Lipinski definition) is 5. The molecule has 4 aromatic rings. The zero-order valence-electron chi connectivity index (χ0n) is 14.5. The third kappa shape index (κ3) is 3.37. The average Bonchev–Trinajstić information content (AvgIpc) is 3.18. The molecule has 0 spiro atoms. The van der Waals surface area contributed by atoms with Gasteiger partial charge in [0.1, 0.15) is 5.75 Å². The van der Waals surface area contributed by atoms with E-state index in [-0.39, 0.29) is 11.2 Å². The molecule has 4 rings (SSSR count). The fourth-order valence-corrected chi connectivity index (χ4v) is 3.22. The van der Waals surface area contributed by atoms with Gasteiger partial charge in [-0.25, -0.2) is 9.36 Å². The smallest absolute Gasteiger partial charge is 0.209 e. The second-order valence-corrected chi connectivity index (χ2v) is 6.70. The van der Waals surface area contributed by atoms with Crippen molar-refractivity contribution >= 4 is 11.8 Å². The van der Waals surface area contributed by atoms with Crippen molar-refractivity contribution in [3.8, 4) is 28.5 Å². The van der Waals surface area contributed by atoms with Crippen LogP contribution in [0.3, 0.4) is 0 Å². The van der Waals surface area contributed by atoms with E-state index in [9.17, 15) is 9.90 Å². The maximum absolute atomic E-state index is 12.5. The molecule has 0 aliphatic carbocycles. The van der Waals surface area contributed by atoms with Gasteiger partial charge in [0.05, 0.1) is 23.3 Å². The lowest BCUT2D eigenvalue weighted by Gasteiger charge is -2.10. The van der Waals surface area contributed by atoms with E-state index in [2.05, 4.69) is 10.2 Å². The Morgan fingerprint density at radius 2 is 1.81 bits per heavy atom. The molecule has 27 heavy (non-hydrogen) atoms. The highest BCUT2D eigenvalue weighted by Crippen LogP contribution is 2.21. The first-order valence-corrected chi connectivity index (χ1v) is 9.46. The molecule has 1 N–H and O–H groups in total. The van der Waals surface area contributed by atoms with Gasteiger partial charge in [0, 0.05) is 17.2 Å². The van der Waals surface area contributed by atoms with Crippen LogP contribution in [0.1, 0.15) is 0 Å². The van der Waals surface area contributed by atoms with Crippen LogP contribution in [0.5, 0.6) is 5.75 Å². The zero-order chi connectivity index (χ0) is 18.8. The lowest BCUT2D eigenvalue weighted by Crippen LogP contribution is -2.14. The van der Waals surface area contributed by atoms with E-state index in [0.29, 0.717) is 11.4 Å². The van der Waals surface area contributed by atoms with Crippen molar-refractivity contribution < 1.29 is 5.11 Å². The molecule has 7 heteroatoms. The summed E-state index contributed by atoms with van der Waals surface area (Å²) in [5, 5.41) is 18.3. The lowest BCUT2D eigenvalue weighted by atomic mass is 10.2. The molecule has 0 fully saturated rings. The summed E-state index contributed by atoms with van der Waals surface area (Å²) in [7, 11) is 0. The standard InChI is InChI=1S/C20H16N4O2S/c1-27-17-4-2-3-15(13-17)23-12-10-19(26)20(22-23)18-9-11-21-24(18)14-5-7-16(25)8-6-14/h2-13,25H,1H3. The third-order valence-corrected chi connectivity index (χ3v) is 4.83. The maximum Gasteiger partial charge on any atom is 0.209 e. The molecule has 2 aromatic heterocycles. The Labute approximate surface area is 159 Å². The van der Waals surface area contributed by atoms with Crippen LogP contribution < -0.4 is 5.43 Å². The van der Waals surface area contributed by atoms with Crippen LogP contribution in [0.15, 0.2) is 82.7 Å². The fourth-order valence-electron chi connectivity index (χ4n) is 2.76. The summed E-state index contributed by atoms with van der Waals surface area (Å²) < 4.78 is 3.32. The molecule has 0 amide bonds. The Morgan fingerprint density at radius 1 is 1.00 bits per heavy atom. The quantitative estimate of drug-likeness (QED) is 0.552. The van der Waals surface area contributed by atoms with Crippen LogP contribution in [0.25, 0.3) is 22.8 Å². The SMILES string of the molecule is CSc1cccc(-n2ccc(=O)c(-c3ccnn3-c3ccc(O)cc3)n2)c1. The van der Waals surface area contributed by atoms with E-state index in [1.54, 1.807) is 63.9 Å². The summed E-state index contributed by atoms with van der Waals surface area (Å²) in [5.41, 5.74) is 2.30. The van der Waals surface area contributed by atoms with Gasteiger partial charge >= 0.3 is 0 Å². The Hall–Kier alpha value is -3.32. The molecule has 0 saturated carbocycles. The van der Waals surface area contributed by atoms with Gasteiger partial charge in [0.25, 0.3) is 0 Å². The highest BCUT2D eigenvalue weighted by atomic mass is 32.2. The molecule has 6 nitrogen and oxygen atoms in total. The molecular weight excluding hydrogens is 360 g/mol. The van der Waals surface area contributed by atoms with Crippen molar-refractivity contribution in [1.29, 1.82) is 0 Å². The number of thioether (sulfide) groups is 1. The minimum atomic E-state index is -0.187. The van der Waals surface area contributed by atoms with E-state index in [1.807, 2.05) is 30.5 Å². The number of aromatic hydroxyl groups is 1. The summed E-state index contributed by atoms with van der Waals surface area (Å²) >= 11 is 1.65. The van der Waals surface area contributed by atoms with Gasteiger partial charge in [0.2, 0.25) is 5.43 Å². The summed E-state index contributed by atoms with van der Waals surface area (Å²) in [6.45, 7) is 0. The van der Waals surface area contributed by atoms with Gasteiger partial charge < -0.3 is 5.11 Å². The molecule has 0 bridgehead atoms. The average molecular weight is 376 g/mol. The van der Waals surface area contributed by atoms with Gasteiger partial charge in [-0.15, -0.1) is 11.8 Å². The van der Waals surface area contributed by atoms with Crippen LogP contribution in [-0.2, 0) is 0 Å². The van der Waals surface area contributed by atoms with Gasteiger partial charge in [-0.05, 0) is 54.8 Å². The predicted molar refractivity (Wildman–Crippen MR) is 106 cm³/mol. The lowest BCUT2D eigenvalue weighted by molar-refractivity contribution is 0.475. The van der Waals surface area contributed by atoms with Crippen LogP contribution in [0.2, 0.25) is 0 Å². The molecule has 134 valence electrons. The van der Waals surface area contributed by atoms with Crippen molar-refractivity contribution in [1.82, 2.24) is 19.6 Å².